The molecule has 1 aromatic carbocycles. The van der Waals surface area contributed by atoms with Gasteiger partial charge in [-0.05, 0) is 37.8 Å². The Hall–Kier alpha value is -1.57. The molecule has 2 nitrogen and oxygen atoms in total. The quantitative estimate of drug-likeness (QED) is 0.768. The van der Waals surface area contributed by atoms with Crippen molar-refractivity contribution in [3.8, 4) is 0 Å². The summed E-state index contributed by atoms with van der Waals surface area (Å²) in [6.07, 6.45) is 4.17. The lowest BCUT2D eigenvalue weighted by Crippen LogP contribution is -1.95. The van der Waals surface area contributed by atoms with Crippen molar-refractivity contribution in [1.82, 2.24) is 9.78 Å². The zero-order chi connectivity index (χ0) is 11.5. The molecule has 0 N–H and O–H groups in total. The largest absolute Gasteiger partial charge is 0.275 e. The van der Waals surface area contributed by atoms with Crippen molar-refractivity contribution >= 4 is 0 Å². The fourth-order valence-corrected chi connectivity index (χ4v) is 1.92. The van der Waals surface area contributed by atoms with Crippen LogP contribution in [0, 0.1) is 13.8 Å². The number of aryl methyl sites for hydroxylation is 5. The predicted molar refractivity (Wildman–Crippen MR) is 66.5 cm³/mol. The standard InChI is InChI=1S/C14H18N2/c1-11-4-6-13(7-5-11)8-9-14-12(2)10-16(3)15-14/h4-7,10H,8-9H2,1-3H3. The van der Waals surface area contributed by atoms with Crippen LogP contribution in [0.25, 0.3) is 0 Å². The van der Waals surface area contributed by atoms with Gasteiger partial charge >= 0.3 is 0 Å². The maximum absolute atomic E-state index is 4.46. The van der Waals surface area contributed by atoms with Crippen molar-refractivity contribution in [2.75, 3.05) is 0 Å². The monoisotopic (exact) mass is 214 g/mol. The van der Waals surface area contributed by atoms with Crippen LogP contribution in [0.5, 0.6) is 0 Å². The van der Waals surface area contributed by atoms with Gasteiger partial charge in [-0.2, -0.15) is 5.10 Å². The molecule has 84 valence electrons. The van der Waals surface area contributed by atoms with Gasteiger partial charge in [0.15, 0.2) is 0 Å². The Bertz CT molecular complexity index is 466. The van der Waals surface area contributed by atoms with Crippen molar-refractivity contribution in [2.24, 2.45) is 7.05 Å². The van der Waals surface area contributed by atoms with Gasteiger partial charge in [-0.25, -0.2) is 0 Å². The molecule has 2 aromatic rings. The first-order chi connectivity index (χ1) is 7.65. The molecule has 0 saturated carbocycles. The lowest BCUT2D eigenvalue weighted by atomic mass is 10.1. The summed E-state index contributed by atoms with van der Waals surface area (Å²) < 4.78 is 1.89. The van der Waals surface area contributed by atoms with E-state index in [-0.39, 0.29) is 0 Å². The number of nitrogens with zero attached hydrogens (tertiary/aromatic N) is 2. The third-order valence-corrected chi connectivity index (χ3v) is 2.89. The number of hydrogen-bond donors (Lipinski definition) is 0. The summed E-state index contributed by atoms with van der Waals surface area (Å²) in [5, 5.41) is 4.46. The average molecular weight is 214 g/mol. The highest BCUT2D eigenvalue weighted by atomic mass is 15.2. The summed E-state index contributed by atoms with van der Waals surface area (Å²) in [6.45, 7) is 4.24. The maximum atomic E-state index is 4.46. The fraction of sp³-hybridized carbons (Fsp3) is 0.357. The molecule has 0 aliphatic rings. The zero-order valence-electron chi connectivity index (χ0n) is 10.2. The molecule has 0 unspecified atom stereocenters. The third-order valence-electron chi connectivity index (χ3n) is 2.89. The molecule has 2 rings (SSSR count). The van der Waals surface area contributed by atoms with Crippen molar-refractivity contribution in [2.45, 2.75) is 26.7 Å². The van der Waals surface area contributed by atoms with Crippen LogP contribution in [-0.4, -0.2) is 9.78 Å². The van der Waals surface area contributed by atoms with Crippen molar-refractivity contribution in [3.05, 3.63) is 52.8 Å². The van der Waals surface area contributed by atoms with E-state index >= 15 is 0 Å². The normalized spacial score (nSPS) is 10.7. The van der Waals surface area contributed by atoms with E-state index in [1.165, 1.54) is 22.4 Å². The number of rotatable bonds is 3. The van der Waals surface area contributed by atoms with Gasteiger partial charge in [0.25, 0.3) is 0 Å². The van der Waals surface area contributed by atoms with E-state index in [2.05, 4.69) is 49.4 Å². The fourth-order valence-electron chi connectivity index (χ4n) is 1.92. The second kappa shape index (κ2) is 4.52. The minimum absolute atomic E-state index is 1.02. The maximum Gasteiger partial charge on any atom is 0.0656 e. The molecule has 16 heavy (non-hydrogen) atoms. The first-order valence-electron chi connectivity index (χ1n) is 5.70. The molecule has 2 heteroatoms. The molecular formula is C14H18N2. The first-order valence-corrected chi connectivity index (χ1v) is 5.70. The minimum atomic E-state index is 1.02. The summed E-state index contributed by atoms with van der Waals surface area (Å²) in [5.41, 5.74) is 5.20. The number of hydrogen-bond acceptors (Lipinski definition) is 1. The lowest BCUT2D eigenvalue weighted by Gasteiger charge is -2.01. The highest BCUT2D eigenvalue weighted by Gasteiger charge is 2.03. The van der Waals surface area contributed by atoms with Gasteiger partial charge in [0.2, 0.25) is 0 Å². The van der Waals surface area contributed by atoms with Gasteiger partial charge in [0, 0.05) is 13.2 Å². The van der Waals surface area contributed by atoms with Crippen LogP contribution in [-0.2, 0) is 19.9 Å². The second-order valence-electron chi connectivity index (χ2n) is 4.42. The van der Waals surface area contributed by atoms with Crippen molar-refractivity contribution in [3.63, 3.8) is 0 Å². The van der Waals surface area contributed by atoms with E-state index in [9.17, 15) is 0 Å². The molecule has 0 radical (unpaired) electrons. The summed E-state index contributed by atoms with van der Waals surface area (Å²) >= 11 is 0. The molecule has 0 fully saturated rings. The van der Waals surface area contributed by atoms with Gasteiger partial charge in [0.05, 0.1) is 5.69 Å². The topological polar surface area (TPSA) is 17.8 Å². The van der Waals surface area contributed by atoms with E-state index in [4.69, 9.17) is 0 Å². The van der Waals surface area contributed by atoms with Crippen molar-refractivity contribution in [1.29, 1.82) is 0 Å². The Morgan fingerprint density at radius 3 is 2.31 bits per heavy atom. The first kappa shape index (κ1) is 10.9. The van der Waals surface area contributed by atoms with Gasteiger partial charge in [-0.15, -0.1) is 0 Å². The second-order valence-corrected chi connectivity index (χ2v) is 4.42. The van der Waals surface area contributed by atoms with Gasteiger partial charge < -0.3 is 0 Å². The van der Waals surface area contributed by atoms with Crippen molar-refractivity contribution < 1.29 is 0 Å². The third kappa shape index (κ3) is 2.51. The van der Waals surface area contributed by atoms with E-state index in [0.717, 1.165) is 12.8 Å². The lowest BCUT2D eigenvalue weighted by molar-refractivity contribution is 0.737. The molecule has 0 atom stereocenters. The van der Waals surface area contributed by atoms with Crippen LogP contribution < -0.4 is 0 Å². The van der Waals surface area contributed by atoms with E-state index in [0.29, 0.717) is 0 Å². The summed E-state index contributed by atoms with van der Waals surface area (Å²) in [6, 6.07) is 8.74. The summed E-state index contributed by atoms with van der Waals surface area (Å²) in [5.74, 6) is 0. The smallest absolute Gasteiger partial charge is 0.0656 e. The highest BCUT2D eigenvalue weighted by Crippen LogP contribution is 2.10. The Balaban J connectivity index is 2.02. The molecule has 1 heterocycles. The van der Waals surface area contributed by atoms with Crippen LogP contribution in [0.15, 0.2) is 30.5 Å². The Kier molecular flexibility index (Phi) is 3.09. The number of benzene rings is 1. The van der Waals surface area contributed by atoms with E-state index in [1.807, 2.05) is 11.7 Å². The summed E-state index contributed by atoms with van der Waals surface area (Å²) in [4.78, 5) is 0. The molecule has 0 bridgehead atoms. The van der Waals surface area contributed by atoms with Gasteiger partial charge in [-0.3, -0.25) is 4.68 Å². The van der Waals surface area contributed by atoms with Crippen LogP contribution in [0.4, 0.5) is 0 Å². The van der Waals surface area contributed by atoms with Crippen LogP contribution >= 0.6 is 0 Å². The molecule has 0 spiro atoms. The van der Waals surface area contributed by atoms with E-state index < -0.39 is 0 Å². The Labute approximate surface area is 96.9 Å². The molecule has 0 saturated heterocycles. The van der Waals surface area contributed by atoms with Crippen LogP contribution in [0.1, 0.15) is 22.4 Å². The van der Waals surface area contributed by atoms with Crippen LogP contribution in [0.3, 0.4) is 0 Å². The zero-order valence-corrected chi connectivity index (χ0v) is 10.2. The molecule has 0 aliphatic carbocycles. The predicted octanol–water partition coefficient (Wildman–Crippen LogP) is 2.82. The SMILES string of the molecule is Cc1ccc(CCc2nn(C)cc2C)cc1. The molecule has 1 aromatic heterocycles. The van der Waals surface area contributed by atoms with Gasteiger partial charge in [0.1, 0.15) is 0 Å². The van der Waals surface area contributed by atoms with E-state index in [1.54, 1.807) is 0 Å². The molecule has 0 amide bonds. The average Bonchev–Trinajstić information content (AvgIpc) is 2.57. The Morgan fingerprint density at radius 2 is 1.75 bits per heavy atom. The summed E-state index contributed by atoms with van der Waals surface area (Å²) in [7, 11) is 1.97. The molecule has 0 aliphatic heterocycles. The number of aromatic nitrogens is 2. The minimum Gasteiger partial charge on any atom is -0.275 e. The highest BCUT2D eigenvalue weighted by molar-refractivity contribution is 5.23. The van der Waals surface area contributed by atoms with Gasteiger partial charge in [-0.1, -0.05) is 29.8 Å². The van der Waals surface area contributed by atoms with Crippen LogP contribution in [0.2, 0.25) is 0 Å². The molecular weight excluding hydrogens is 196 g/mol. The Morgan fingerprint density at radius 1 is 1.06 bits per heavy atom.